The number of aromatic nitrogens is 1. The first-order valence-corrected chi connectivity index (χ1v) is 9.03. The molecule has 0 atom stereocenters. The van der Waals surface area contributed by atoms with E-state index in [4.69, 9.17) is 11.6 Å². The number of benzene rings is 2. The van der Waals surface area contributed by atoms with Gasteiger partial charge in [0.25, 0.3) is 0 Å². The molecule has 1 heterocycles. The predicted octanol–water partition coefficient (Wildman–Crippen LogP) is 6.20. The Hall–Kier alpha value is -2.86. The lowest BCUT2D eigenvalue weighted by Crippen LogP contribution is -2.11. The fraction of sp³-hybridized carbons (Fsp3) is 0.190. The number of nitrogens with one attached hydrogen (secondary N) is 1. The molecular weight excluding hydrogens is 386 g/mol. The minimum absolute atomic E-state index is 0.0154. The van der Waals surface area contributed by atoms with Gasteiger partial charge in [-0.3, -0.25) is 0 Å². The third kappa shape index (κ3) is 4.70. The van der Waals surface area contributed by atoms with Gasteiger partial charge in [0, 0.05) is 22.2 Å². The molecule has 2 N–H and O–H groups in total. The van der Waals surface area contributed by atoms with Gasteiger partial charge in [0.2, 0.25) is 0 Å². The molecule has 0 fully saturated rings. The summed E-state index contributed by atoms with van der Waals surface area (Å²) in [7, 11) is 0. The molecule has 0 radical (unpaired) electrons. The Morgan fingerprint density at radius 2 is 1.79 bits per heavy atom. The molecule has 0 saturated carbocycles. The van der Waals surface area contributed by atoms with Crippen LogP contribution in [-0.2, 0) is 0 Å². The standard InChI is InChI=1S/C21H19ClF2N2O2/c1-12(2)25-20-10-13(15-5-3-4-6-19(15)28-21(23)24)9-17(26-20)16-11-14(22)7-8-18(16)27/h3-12,21,27H,1-2H3,(H,25,26). The first kappa shape index (κ1) is 19.9. The van der Waals surface area contributed by atoms with Crippen molar-refractivity contribution in [3.8, 4) is 33.9 Å². The molecule has 0 bridgehead atoms. The van der Waals surface area contributed by atoms with Gasteiger partial charge in [0.15, 0.2) is 0 Å². The fourth-order valence-corrected chi connectivity index (χ4v) is 2.98. The smallest absolute Gasteiger partial charge is 0.387 e. The summed E-state index contributed by atoms with van der Waals surface area (Å²) < 4.78 is 30.3. The van der Waals surface area contributed by atoms with Crippen LogP contribution in [0.3, 0.4) is 0 Å². The first-order valence-electron chi connectivity index (χ1n) is 8.65. The summed E-state index contributed by atoms with van der Waals surface area (Å²) in [4.78, 5) is 4.54. The van der Waals surface area contributed by atoms with Crippen molar-refractivity contribution in [2.45, 2.75) is 26.5 Å². The van der Waals surface area contributed by atoms with Crippen molar-refractivity contribution in [1.82, 2.24) is 4.98 Å². The Kier molecular flexibility index (Phi) is 5.99. The lowest BCUT2D eigenvalue weighted by Gasteiger charge is -2.16. The van der Waals surface area contributed by atoms with Crippen LogP contribution in [-0.4, -0.2) is 22.7 Å². The number of ether oxygens (including phenoxy) is 1. The molecule has 4 nitrogen and oxygen atoms in total. The minimum atomic E-state index is -2.94. The van der Waals surface area contributed by atoms with E-state index in [9.17, 15) is 13.9 Å². The number of alkyl halides is 2. The Bertz CT molecular complexity index is 980. The number of aromatic hydroxyl groups is 1. The number of anilines is 1. The number of halogens is 3. The quantitative estimate of drug-likeness (QED) is 0.513. The molecule has 3 rings (SSSR count). The number of pyridine rings is 1. The number of para-hydroxylation sites is 1. The highest BCUT2D eigenvalue weighted by Gasteiger charge is 2.15. The average Bonchev–Trinajstić information content (AvgIpc) is 2.63. The van der Waals surface area contributed by atoms with Crippen molar-refractivity contribution in [2.75, 3.05) is 5.32 Å². The number of phenolic OH excluding ortho intramolecular Hbond substituents is 1. The molecule has 0 aliphatic carbocycles. The van der Waals surface area contributed by atoms with E-state index < -0.39 is 6.61 Å². The lowest BCUT2D eigenvalue weighted by molar-refractivity contribution is -0.0494. The summed E-state index contributed by atoms with van der Waals surface area (Å²) in [6.07, 6.45) is 0. The summed E-state index contributed by atoms with van der Waals surface area (Å²) in [5, 5.41) is 13.9. The molecule has 3 aromatic rings. The number of nitrogens with zero attached hydrogens (tertiary/aromatic N) is 1. The zero-order valence-corrected chi connectivity index (χ0v) is 16.0. The van der Waals surface area contributed by atoms with Crippen molar-refractivity contribution >= 4 is 17.4 Å². The highest BCUT2D eigenvalue weighted by Crippen LogP contribution is 2.37. The molecule has 0 saturated heterocycles. The van der Waals surface area contributed by atoms with Gasteiger partial charge in [-0.15, -0.1) is 0 Å². The van der Waals surface area contributed by atoms with E-state index in [0.29, 0.717) is 33.2 Å². The number of hydrogen-bond acceptors (Lipinski definition) is 4. The van der Waals surface area contributed by atoms with Crippen LogP contribution in [0.1, 0.15) is 13.8 Å². The van der Waals surface area contributed by atoms with E-state index in [0.717, 1.165) is 0 Å². The number of phenols is 1. The fourth-order valence-electron chi connectivity index (χ4n) is 2.81. The van der Waals surface area contributed by atoms with Crippen molar-refractivity contribution in [2.24, 2.45) is 0 Å². The van der Waals surface area contributed by atoms with Gasteiger partial charge >= 0.3 is 6.61 Å². The molecule has 0 amide bonds. The summed E-state index contributed by atoms with van der Waals surface area (Å²) >= 11 is 6.07. The molecule has 0 spiro atoms. The van der Waals surface area contributed by atoms with Crippen molar-refractivity contribution < 1.29 is 18.6 Å². The van der Waals surface area contributed by atoms with Gasteiger partial charge in [-0.25, -0.2) is 4.98 Å². The van der Waals surface area contributed by atoms with E-state index in [2.05, 4.69) is 15.0 Å². The largest absolute Gasteiger partial charge is 0.507 e. The van der Waals surface area contributed by atoms with E-state index in [1.165, 1.54) is 12.1 Å². The van der Waals surface area contributed by atoms with E-state index in [1.807, 2.05) is 13.8 Å². The highest BCUT2D eigenvalue weighted by molar-refractivity contribution is 6.31. The molecule has 7 heteroatoms. The molecule has 28 heavy (non-hydrogen) atoms. The number of rotatable bonds is 6. The third-order valence-corrected chi connectivity index (χ3v) is 4.15. The third-order valence-electron chi connectivity index (χ3n) is 3.91. The molecule has 0 aliphatic rings. The summed E-state index contributed by atoms with van der Waals surface area (Å²) in [5.41, 5.74) is 1.99. The Morgan fingerprint density at radius 1 is 1.04 bits per heavy atom. The SMILES string of the molecule is CC(C)Nc1cc(-c2ccccc2OC(F)F)cc(-c2cc(Cl)ccc2O)n1. The summed E-state index contributed by atoms with van der Waals surface area (Å²) in [6.45, 7) is 0.977. The Balaban J connectivity index is 2.18. The van der Waals surface area contributed by atoms with E-state index in [-0.39, 0.29) is 17.5 Å². The second kappa shape index (κ2) is 8.44. The van der Waals surface area contributed by atoms with E-state index >= 15 is 0 Å². The van der Waals surface area contributed by atoms with Crippen molar-refractivity contribution in [3.05, 3.63) is 59.6 Å². The van der Waals surface area contributed by atoms with Crippen LogP contribution in [0.2, 0.25) is 5.02 Å². The zero-order chi connectivity index (χ0) is 20.3. The predicted molar refractivity (Wildman–Crippen MR) is 107 cm³/mol. The van der Waals surface area contributed by atoms with Gasteiger partial charge in [0.05, 0.1) is 5.69 Å². The van der Waals surface area contributed by atoms with Crippen LogP contribution in [0.5, 0.6) is 11.5 Å². The maximum Gasteiger partial charge on any atom is 0.387 e. The van der Waals surface area contributed by atoms with Gasteiger partial charge < -0.3 is 15.2 Å². The second-order valence-electron chi connectivity index (χ2n) is 6.46. The van der Waals surface area contributed by atoms with Crippen LogP contribution >= 0.6 is 11.6 Å². The second-order valence-corrected chi connectivity index (χ2v) is 6.90. The van der Waals surface area contributed by atoms with Crippen LogP contribution in [0.25, 0.3) is 22.4 Å². The van der Waals surface area contributed by atoms with Gasteiger partial charge in [-0.05, 0) is 55.8 Å². The Labute approximate surface area is 166 Å². The molecule has 0 aliphatic heterocycles. The lowest BCUT2D eigenvalue weighted by atomic mass is 10.0. The van der Waals surface area contributed by atoms with Crippen molar-refractivity contribution in [3.63, 3.8) is 0 Å². The molecule has 0 unspecified atom stereocenters. The summed E-state index contributed by atoms with van der Waals surface area (Å²) in [5.74, 6) is 0.607. The van der Waals surface area contributed by atoms with Crippen LogP contribution in [0.4, 0.5) is 14.6 Å². The van der Waals surface area contributed by atoms with Crippen LogP contribution in [0, 0.1) is 0 Å². The maximum absolute atomic E-state index is 12.8. The van der Waals surface area contributed by atoms with E-state index in [1.54, 1.807) is 42.5 Å². The summed E-state index contributed by atoms with van der Waals surface area (Å²) in [6, 6.07) is 14.7. The first-order chi connectivity index (χ1) is 13.3. The number of hydrogen-bond donors (Lipinski definition) is 2. The van der Waals surface area contributed by atoms with Gasteiger partial charge in [-0.1, -0.05) is 29.8 Å². The molecule has 2 aromatic carbocycles. The minimum Gasteiger partial charge on any atom is -0.507 e. The molecular formula is C21H19ClF2N2O2. The zero-order valence-electron chi connectivity index (χ0n) is 15.3. The normalized spacial score (nSPS) is 11.1. The molecule has 1 aromatic heterocycles. The topological polar surface area (TPSA) is 54.4 Å². The monoisotopic (exact) mass is 404 g/mol. The Morgan fingerprint density at radius 3 is 2.50 bits per heavy atom. The average molecular weight is 405 g/mol. The highest BCUT2D eigenvalue weighted by atomic mass is 35.5. The molecule has 146 valence electrons. The maximum atomic E-state index is 12.8. The van der Waals surface area contributed by atoms with Gasteiger partial charge in [-0.2, -0.15) is 8.78 Å². The van der Waals surface area contributed by atoms with Crippen LogP contribution in [0.15, 0.2) is 54.6 Å². The van der Waals surface area contributed by atoms with Gasteiger partial charge in [0.1, 0.15) is 17.3 Å². The van der Waals surface area contributed by atoms with Crippen molar-refractivity contribution in [1.29, 1.82) is 0 Å². The van der Waals surface area contributed by atoms with Crippen LogP contribution < -0.4 is 10.1 Å².